The monoisotopic (exact) mass is 444 g/mol. The van der Waals surface area contributed by atoms with Gasteiger partial charge in [0.05, 0.1) is 22.8 Å². The van der Waals surface area contributed by atoms with E-state index in [1.54, 1.807) is 7.05 Å². The zero-order chi connectivity index (χ0) is 24.0. The zero-order valence-corrected chi connectivity index (χ0v) is 20.8. The van der Waals surface area contributed by atoms with Crippen LogP contribution in [-0.4, -0.2) is 47.1 Å². The highest BCUT2D eigenvalue weighted by Crippen LogP contribution is 2.29. The second-order valence-corrected chi connectivity index (χ2v) is 8.64. The van der Waals surface area contributed by atoms with Crippen LogP contribution in [0.1, 0.15) is 61.3 Å². The van der Waals surface area contributed by atoms with Crippen molar-refractivity contribution in [3.05, 3.63) is 70.3 Å². The standard InChI is InChI=1S/C27H36N6/c1-7-9-23(28)27-25(13-21(8-2)14-29-6)30-15-26(32-27)22-16-33(17-22)20(5)31-24-11-10-18(3)12-19(24)4/h8-12,14-15,22H,7,13,16-17,28H2,1-6H3/b21-8-,23-9-,29-14?,31-20?. The van der Waals surface area contributed by atoms with Gasteiger partial charge in [-0.25, -0.2) is 9.98 Å². The fourth-order valence-corrected chi connectivity index (χ4v) is 3.99. The fourth-order valence-electron chi connectivity index (χ4n) is 3.99. The van der Waals surface area contributed by atoms with E-state index in [1.165, 1.54) is 11.1 Å². The molecule has 1 aromatic carbocycles. The third-order valence-corrected chi connectivity index (χ3v) is 5.99. The summed E-state index contributed by atoms with van der Waals surface area (Å²) in [7, 11) is 1.78. The van der Waals surface area contributed by atoms with Gasteiger partial charge in [0.1, 0.15) is 11.5 Å². The minimum absolute atomic E-state index is 0.322. The van der Waals surface area contributed by atoms with Gasteiger partial charge in [0.2, 0.25) is 0 Å². The van der Waals surface area contributed by atoms with Gasteiger partial charge < -0.3 is 10.6 Å². The Kier molecular flexibility index (Phi) is 8.15. The number of aryl methyl sites for hydroxylation is 2. The molecule has 0 spiro atoms. The number of aromatic nitrogens is 2. The summed E-state index contributed by atoms with van der Waals surface area (Å²) in [6.07, 6.45) is 9.35. The third kappa shape index (κ3) is 5.95. The van der Waals surface area contributed by atoms with Crippen LogP contribution in [0.15, 0.2) is 52.1 Å². The molecule has 2 N–H and O–H groups in total. The predicted molar refractivity (Wildman–Crippen MR) is 139 cm³/mol. The van der Waals surface area contributed by atoms with Crippen LogP contribution >= 0.6 is 0 Å². The molecular weight excluding hydrogens is 408 g/mol. The van der Waals surface area contributed by atoms with Gasteiger partial charge in [0, 0.05) is 44.9 Å². The number of likely N-dealkylation sites (tertiary alicyclic amines) is 1. The molecule has 1 saturated heterocycles. The van der Waals surface area contributed by atoms with E-state index in [0.717, 1.165) is 53.7 Å². The number of nitrogens with two attached hydrogens (primary N) is 1. The Morgan fingerprint density at radius 3 is 2.67 bits per heavy atom. The molecule has 6 nitrogen and oxygen atoms in total. The van der Waals surface area contributed by atoms with Gasteiger partial charge in [-0.1, -0.05) is 36.8 Å². The van der Waals surface area contributed by atoms with E-state index in [1.807, 2.05) is 31.5 Å². The lowest BCUT2D eigenvalue weighted by atomic mass is 9.95. The van der Waals surface area contributed by atoms with E-state index in [4.69, 9.17) is 20.7 Å². The number of amidine groups is 1. The topological polar surface area (TPSA) is 79.8 Å². The van der Waals surface area contributed by atoms with Crippen LogP contribution in [0, 0.1) is 13.8 Å². The quantitative estimate of drug-likeness (QED) is 0.473. The molecule has 2 heterocycles. The molecule has 1 aliphatic heterocycles. The number of allylic oxidation sites excluding steroid dienone is 3. The van der Waals surface area contributed by atoms with Crippen LogP contribution in [-0.2, 0) is 6.42 Å². The molecule has 1 fully saturated rings. The number of hydrogen-bond acceptors (Lipinski definition) is 5. The van der Waals surface area contributed by atoms with Gasteiger partial charge in [-0.3, -0.25) is 9.98 Å². The summed E-state index contributed by atoms with van der Waals surface area (Å²) in [5, 5.41) is 0. The summed E-state index contributed by atoms with van der Waals surface area (Å²) in [5.41, 5.74) is 14.3. The molecule has 2 aromatic rings. The lowest BCUT2D eigenvalue weighted by Gasteiger charge is -2.40. The smallest absolute Gasteiger partial charge is 0.108 e. The molecule has 6 heteroatoms. The zero-order valence-electron chi connectivity index (χ0n) is 20.8. The van der Waals surface area contributed by atoms with Crippen molar-refractivity contribution >= 4 is 23.4 Å². The second-order valence-electron chi connectivity index (χ2n) is 8.64. The van der Waals surface area contributed by atoms with Crippen LogP contribution in [0.4, 0.5) is 5.69 Å². The number of nitrogens with zero attached hydrogens (tertiary/aromatic N) is 5. The predicted octanol–water partition coefficient (Wildman–Crippen LogP) is 5.14. The summed E-state index contributed by atoms with van der Waals surface area (Å²) in [6, 6.07) is 6.37. The molecule has 0 aliphatic carbocycles. The first-order chi connectivity index (χ1) is 15.9. The maximum absolute atomic E-state index is 6.39. The Labute approximate surface area is 198 Å². The minimum Gasteiger partial charge on any atom is -0.397 e. The van der Waals surface area contributed by atoms with E-state index in [-0.39, 0.29) is 0 Å². The number of hydrogen-bond donors (Lipinski definition) is 1. The van der Waals surface area contributed by atoms with Crippen LogP contribution in [0.3, 0.4) is 0 Å². The number of rotatable bonds is 7. The van der Waals surface area contributed by atoms with Crippen molar-refractivity contribution < 1.29 is 0 Å². The highest BCUT2D eigenvalue weighted by Gasteiger charge is 2.31. The maximum atomic E-state index is 6.39. The molecule has 0 atom stereocenters. The largest absolute Gasteiger partial charge is 0.397 e. The second kappa shape index (κ2) is 11.0. The molecule has 0 saturated carbocycles. The lowest BCUT2D eigenvalue weighted by Crippen LogP contribution is -2.47. The van der Waals surface area contributed by atoms with Crippen molar-refractivity contribution in [2.45, 2.75) is 53.4 Å². The molecule has 0 amide bonds. The molecule has 1 aromatic heterocycles. The van der Waals surface area contributed by atoms with Gasteiger partial charge in [-0.15, -0.1) is 0 Å². The minimum atomic E-state index is 0.322. The van der Waals surface area contributed by atoms with E-state index < -0.39 is 0 Å². The molecule has 33 heavy (non-hydrogen) atoms. The summed E-state index contributed by atoms with van der Waals surface area (Å²) in [5.74, 6) is 1.35. The van der Waals surface area contributed by atoms with Gasteiger partial charge in [0.25, 0.3) is 0 Å². The molecule has 0 radical (unpaired) electrons. The first-order valence-electron chi connectivity index (χ1n) is 11.6. The Morgan fingerprint density at radius 2 is 2.03 bits per heavy atom. The maximum Gasteiger partial charge on any atom is 0.108 e. The van der Waals surface area contributed by atoms with Crippen molar-refractivity contribution in [2.24, 2.45) is 15.7 Å². The van der Waals surface area contributed by atoms with Gasteiger partial charge >= 0.3 is 0 Å². The van der Waals surface area contributed by atoms with E-state index in [0.29, 0.717) is 18.0 Å². The van der Waals surface area contributed by atoms with Gasteiger partial charge in [-0.2, -0.15) is 0 Å². The first kappa shape index (κ1) is 24.4. The normalized spacial score (nSPS) is 15.9. The van der Waals surface area contributed by atoms with Crippen LogP contribution in [0.5, 0.6) is 0 Å². The molecule has 3 rings (SSSR count). The van der Waals surface area contributed by atoms with Crippen molar-refractivity contribution in [3.8, 4) is 0 Å². The van der Waals surface area contributed by atoms with Crippen LogP contribution in [0.2, 0.25) is 0 Å². The molecule has 1 aliphatic rings. The highest BCUT2D eigenvalue weighted by atomic mass is 15.2. The average molecular weight is 445 g/mol. The van der Waals surface area contributed by atoms with Crippen molar-refractivity contribution in [3.63, 3.8) is 0 Å². The summed E-state index contributed by atoms with van der Waals surface area (Å²) >= 11 is 0. The Bertz CT molecular complexity index is 1100. The lowest BCUT2D eigenvalue weighted by molar-refractivity contribution is 0.246. The average Bonchev–Trinajstić information content (AvgIpc) is 2.75. The van der Waals surface area contributed by atoms with E-state index in [2.05, 4.69) is 55.8 Å². The molecular formula is C27H36N6. The van der Waals surface area contributed by atoms with Crippen molar-refractivity contribution in [1.82, 2.24) is 14.9 Å². The Balaban J connectivity index is 1.78. The fraction of sp³-hybridized carbons (Fsp3) is 0.407. The number of aliphatic imine (C=N–C) groups is 2. The first-order valence-corrected chi connectivity index (χ1v) is 11.6. The summed E-state index contributed by atoms with van der Waals surface area (Å²) < 4.78 is 0. The van der Waals surface area contributed by atoms with Crippen molar-refractivity contribution in [1.29, 1.82) is 0 Å². The van der Waals surface area contributed by atoms with Crippen LogP contribution in [0.25, 0.3) is 5.70 Å². The molecule has 174 valence electrons. The van der Waals surface area contributed by atoms with E-state index >= 15 is 0 Å². The SMILES string of the molecule is C/C=C(\C=NC)Cc1ncc(C2CN(C(C)=Nc3ccc(C)cc3C)C2)nc1/C(N)=C/CC. The number of benzene rings is 1. The highest BCUT2D eigenvalue weighted by molar-refractivity contribution is 5.84. The Hall–Kier alpha value is -3.28. The van der Waals surface area contributed by atoms with Gasteiger partial charge in [-0.05, 0) is 51.3 Å². The Morgan fingerprint density at radius 1 is 1.27 bits per heavy atom. The third-order valence-electron chi connectivity index (χ3n) is 5.99. The molecule has 0 bridgehead atoms. The van der Waals surface area contributed by atoms with E-state index in [9.17, 15) is 0 Å². The molecule has 0 unspecified atom stereocenters. The van der Waals surface area contributed by atoms with Crippen molar-refractivity contribution in [2.75, 3.05) is 20.1 Å². The summed E-state index contributed by atoms with van der Waals surface area (Å²) in [4.78, 5) is 21.0. The summed E-state index contributed by atoms with van der Waals surface area (Å²) in [6.45, 7) is 12.1. The van der Waals surface area contributed by atoms with Gasteiger partial charge in [0.15, 0.2) is 0 Å². The van der Waals surface area contributed by atoms with Crippen LogP contribution < -0.4 is 5.73 Å².